The van der Waals surface area contributed by atoms with Gasteiger partial charge in [-0.3, -0.25) is 0 Å². The molecule has 1 unspecified atom stereocenters. The number of nitrogens with one attached hydrogen (secondary N) is 1. The lowest BCUT2D eigenvalue weighted by Crippen LogP contribution is -2.53. The third-order valence-electron chi connectivity index (χ3n) is 4.07. The zero-order valence-corrected chi connectivity index (χ0v) is 11.3. The molecular weight excluding hydrogens is 245 g/mol. The number of halogens is 1. The van der Waals surface area contributed by atoms with E-state index in [1.807, 2.05) is 6.92 Å². The van der Waals surface area contributed by atoms with E-state index >= 15 is 0 Å². The molecule has 1 atom stereocenters. The lowest BCUT2D eigenvalue weighted by Gasteiger charge is -2.35. The van der Waals surface area contributed by atoms with Gasteiger partial charge in [-0.05, 0) is 42.9 Å². The van der Waals surface area contributed by atoms with Crippen molar-refractivity contribution in [1.29, 1.82) is 0 Å². The van der Waals surface area contributed by atoms with E-state index in [9.17, 15) is 14.6 Å². The lowest BCUT2D eigenvalue weighted by atomic mass is 9.93. The van der Waals surface area contributed by atoms with Crippen LogP contribution in [0.25, 0.3) is 0 Å². The molecule has 0 heterocycles. The van der Waals surface area contributed by atoms with Gasteiger partial charge in [0.1, 0.15) is 5.82 Å². The van der Waals surface area contributed by atoms with Gasteiger partial charge in [-0.25, -0.2) is 4.39 Å². The fourth-order valence-corrected chi connectivity index (χ4v) is 2.37. The molecule has 3 nitrogen and oxygen atoms in total. The molecule has 19 heavy (non-hydrogen) atoms. The second-order valence-corrected chi connectivity index (χ2v) is 5.46. The van der Waals surface area contributed by atoms with Crippen LogP contribution in [0.4, 0.5) is 4.39 Å². The maximum atomic E-state index is 13.0. The molecule has 2 rings (SSSR count). The number of hydrogen-bond acceptors (Lipinski definition) is 3. The van der Waals surface area contributed by atoms with Crippen molar-refractivity contribution in [1.82, 2.24) is 5.32 Å². The van der Waals surface area contributed by atoms with E-state index in [1.165, 1.54) is 12.1 Å². The molecule has 1 saturated carbocycles. The van der Waals surface area contributed by atoms with E-state index in [0.717, 1.165) is 18.4 Å². The highest BCUT2D eigenvalue weighted by molar-refractivity contribution is 5.22. The average molecular weight is 267 g/mol. The number of aliphatic hydroxyl groups excluding tert-OH is 2. The van der Waals surface area contributed by atoms with E-state index < -0.39 is 5.54 Å². The van der Waals surface area contributed by atoms with Gasteiger partial charge in [0, 0.05) is 6.04 Å². The van der Waals surface area contributed by atoms with Gasteiger partial charge in [0.2, 0.25) is 0 Å². The normalized spacial score (nSPS) is 17.5. The topological polar surface area (TPSA) is 52.5 Å². The van der Waals surface area contributed by atoms with Crippen LogP contribution in [0.15, 0.2) is 24.3 Å². The quantitative estimate of drug-likeness (QED) is 0.708. The van der Waals surface area contributed by atoms with Crippen molar-refractivity contribution in [3.63, 3.8) is 0 Å². The van der Waals surface area contributed by atoms with E-state index in [1.54, 1.807) is 12.1 Å². The Labute approximate surface area is 113 Å². The number of rotatable bonds is 7. The largest absolute Gasteiger partial charge is 0.394 e. The van der Waals surface area contributed by atoms with E-state index in [4.69, 9.17) is 0 Å². The van der Waals surface area contributed by atoms with Gasteiger partial charge in [0.15, 0.2) is 0 Å². The summed E-state index contributed by atoms with van der Waals surface area (Å²) in [5, 5.41) is 22.5. The first-order valence-corrected chi connectivity index (χ1v) is 6.89. The molecule has 0 saturated heterocycles. The second kappa shape index (κ2) is 5.99. The summed E-state index contributed by atoms with van der Waals surface area (Å²) in [5.74, 6) is 0.263. The minimum absolute atomic E-state index is 0.0693. The maximum Gasteiger partial charge on any atom is 0.123 e. The van der Waals surface area contributed by atoms with Crippen LogP contribution in [0.1, 0.15) is 37.8 Å². The molecular formula is C15H22FNO2. The number of hydrogen-bond donors (Lipinski definition) is 3. The first-order valence-electron chi connectivity index (χ1n) is 6.89. The molecule has 0 bridgehead atoms. The molecule has 0 aliphatic heterocycles. The lowest BCUT2D eigenvalue weighted by molar-refractivity contribution is 0.0746. The van der Waals surface area contributed by atoms with E-state index in [2.05, 4.69) is 5.32 Å². The summed E-state index contributed by atoms with van der Waals surface area (Å²) >= 11 is 0. The molecule has 0 aromatic heterocycles. The molecule has 3 N–H and O–H groups in total. The van der Waals surface area contributed by atoms with Crippen molar-refractivity contribution >= 4 is 0 Å². The Morgan fingerprint density at radius 2 is 1.84 bits per heavy atom. The third-order valence-corrected chi connectivity index (χ3v) is 4.07. The molecule has 0 radical (unpaired) electrons. The van der Waals surface area contributed by atoms with Gasteiger partial charge in [-0.15, -0.1) is 0 Å². The fourth-order valence-electron chi connectivity index (χ4n) is 2.37. The minimum Gasteiger partial charge on any atom is -0.394 e. The van der Waals surface area contributed by atoms with Crippen LogP contribution in [0.2, 0.25) is 0 Å². The summed E-state index contributed by atoms with van der Waals surface area (Å²) in [6.45, 7) is 1.73. The van der Waals surface area contributed by atoms with Crippen LogP contribution in [0.5, 0.6) is 0 Å². The van der Waals surface area contributed by atoms with Gasteiger partial charge in [0.25, 0.3) is 0 Å². The first kappa shape index (κ1) is 14.4. The Morgan fingerprint density at radius 3 is 2.26 bits per heavy atom. The highest BCUT2D eigenvalue weighted by Gasteiger charge is 2.38. The fraction of sp³-hybridized carbons (Fsp3) is 0.600. The third kappa shape index (κ3) is 3.32. The summed E-state index contributed by atoms with van der Waals surface area (Å²) in [7, 11) is 0. The zero-order valence-electron chi connectivity index (χ0n) is 11.3. The van der Waals surface area contributed by atoms with Crippen LogP contribution in [-0.2, 0) is 0 Å². The van der Waals surface area contributed by atoms with Gasteiger partial charge >= 0.3 is 0 Å². The van der Waals surface area contributed by atoms with E-state index in [0.29, 0.717) is 12.3 Å². The Balaban J connectivity index is 2.18. The van der Waals surface area contributed by atoms with Crippen molar-refractivity contribution in [2.75, 3.05) is 13.2 Å². The summed E-state index contributed by atoms with van der Waals surface area (Å²) < 4.78 is 13.0. The summed E-state index contributed by atoms with van der Waals surface area (Å²) in [6, 6.07) is 6.54. The van der Waals surface area contributed by atoms with Gasteiger partial charge in [-0.1, -0.05) is 19.1 Å². The Hall–Kier alpha value is -0.970. The van der Waals surface area contributed by atoms with Crippen molar-refractivity contribution in [2.45, 2.75) is 37.8 Å². The van der Waals surface area contributed by atoms with Gasteiger partial charge in [-0.2, -0.15) is 0 Å². The standard InChI is InChI=1S/C15H22FNO2/c1-2-15(9-18,10-19)17-14(11-3-4-11)12-5-7-13(16)8-6-12/h5-8,11,14,17-19H,2-4,9-10H2,1H3. The minimum atomic E-state index is -0.665. The van der Waals surface area contributed by atoms with Crippen LogP contribution in [0.3, 0.4) is 0 Å². The molecule has 1 aliphatic carbocycles. The average Bonchev–Trinajstić information content (AvgIpc) is 3.27. The molecule has 1 fully saturated rings. The Bertz CT molecular complexity index is 391. The highest BCUT2D eigenvalue weighted by atomic mass is 19.1. The molecule has 1 aliphatic rings. The second-order valence-electron chi connectivity index (χ2n) is 5.46. The van der Waals surface area contributed by atoms with Crippen LogP contribution >= 0.6 is 0 Å². The van der Waals surface area contributed by atoms with Crippen molar-refractivity contribution in [3.05, 3.63) is 35.6 Å². The Morgan fingerprint density at radius 1 is 1.26 bits per heavy atom. The monoisotopic (exact) mass is 267 g/mol. The van der Waals surface area contributed by atoms with Crippen molar-refractivity contribution in [2.24, 2.45) is 5.92 Å². The van der Waals surface area contributed by atoms with Crippen LogP contribution in [-0.4, -0.2) is 29.0 Å². The van der Waals surface area contributed by atoms with Gasteiger partial charge in [0.05, 0.1) is 18.8 Å². The van der Waals surface area contributed by atoms with Crippen LogP contribution in [0, 0.1) is 11.7 Å². The SMILES string of the molecule is CCC(CO)(CO)NC(c1ccc(F)cc1)C1CC1. The molecule has 1 aromatic carbocycles. The first-order chi connectivity index (χ1) is 9.14. The summed E-state index contributed by atoms with van der Waals surface area (Å²) in [6.07, 6.45) is 2.90. The predicted octanol–water partition coefficient (Wildman–Crippen LogP) is 2.00. The zero-order chi connectivity index (χ0) is 13.9. The molecule has 0 spiro atoms. The molecule has 4 heteroatoms. The Kier molecular flexibility index (Phi) is 4.55. The maximum absolute atomic E-state index is 13.0. The summed E-state index contributed by atoms with van der Waals surface area (Å²) in [4.78, 5) is 0. The van der Waals surface area contributed by atoms with Crippen molar-refractivity contribution in [3.8, 4) is 0 Å². The van der Waals surface area contributed by atoms with E-state index in [-0.39, 0.29) is 25.1 Å². The smallest absolute Gasteiger partial charge is 0.123 e. The molecule has 1 aromatic rings. The molecule has 0 amide bonds. The van der Waals surface area contributed by atoms with Gasteiger partial charge < -0.3 is 15.5 Å². The molecule has 106 valence electrons. The predicted molar refractivity (Wildman–Crippen MR) is 72.2 cm³/mol. The number of benzene rings is 1. The summed E-state index contributed by atoms with van der Waals surface area (Å²) in [5.41, 5.74) is 0.352. The highest BCUT2D eigenvalue weighted by Crippen LogP contribution is 2.42. The van der Waals surface area contributed by atoms with Crippen molar-refractivity contribution < 1.29 is 14.6 Å². The number of aliphatic hydroxyl groups is 2. The van der Waals surface area contributed by atoms with Crippen LogP contribution < -0.4 is 5.32 Å².